The minimum absolute atomic E-state index is 0.792. The van der Waals surface area contributed by atoms with Gasteiger partial charge in [0.2, 0.25) is 0 Å². The highest BCUT2D eigenvalue weighted by atomic mass is 14.8. The molecule has 0 aliphatic carbocycles. The molecular weight excluding hydrogens is 136 g/mol. The van der Waals surface area contributed by atoms with Crippen LogP contribution in [0.2, 0.25) is 0 Å². The maximum atomic E-state index is 4.50. The molecule has 0 fully saturated rings. The number of nitrogens with one attached hydrogen (secondary N) is 1. The van der Waals surface area contributed by atoms with E-state index in [0.29, 0.717) is 0 Å². The van der Waals surface area contributed by atoms with E-state index in [9.17, 15) is 0 Å². The molecule has 0 spiro atoms. The number of nitrogens with two attached hydrogens (primary N) is 1. The minimum atomic E-state index is 0.792. The molecule has 0 saturated carbocycles. The molecule has 2 heteroatoms. The lowest BCUT2D eigenvalue weighted by Crippen LogP contribution is -2.18. The van der Waals surface area contributed by atoms with Crippen LogP contribution in [-0.4, -0.2) is 20.1 Å². The van der Waals surface area contributed by atoms with Crippen LogP contribution >= 0.6 is 0 Å². The molecule has 0 bridgehead atoms. The first-order valence-electron chi connectivity index (χ1n) is 4.55. The van der Waals surface area contributed by atoms with E-state index in [4.69, 9.17) is 0 Å². The summed E-state index contributed by atoms with van der Waals surface area (Å²) in [5.41, 5.74) is 4.50. The molecule has 2 nitrogen and oxygen atoms in total. The molecule has 0 aromatic heterocycles. The van der Waals surface area contributed by atoms with Crippen molar-refractivity contribution in [3.05, 3.63) is 0 Å². The molecule has 0 aliphatic heterocycles. The van der Waals surface area contributed by atoms with Crippen molar-refractivity contribution < 1.29 is 0 Å². The second-order valence-electron chi connectivity index (χ2n) is 2.20. The molecule has 0 saturated heterocycles. The monoisotopic (exact) mass is 162 g/mol. The van der Waals surface area contributed by atoms with Crippen molar-refractivity contribution in [3.8, 4) is 0 Å². The van der Waals surface area contributed by atoms with Crippen molar-refractivity contribution in [2.75, 3.05) is 20.1 Å². The predicted molar refractivity (Wildman–Crippen MR) is 54.8 cm³/mol. The third-order valence-corrected chi connectivity index (χ3v) is 0.803. The van der Waals surface area contributed by atoms with Gasteiger partial charge in [0, 0.05) is 0 Å². The first-order chi connectivity index (χ1) is 5.27. The second kappa shape index (κ2) is 22.5. The molecule has 0 heterocycles. The van der Waals surface area contributed by atoms with Crippen LogP contribution in [-0.2, 0) is 0 Å². The van der Waals surface area contributed by atoms with Crippen LogP contribution in [0.4, 0.5) is 0 Å². The van der Waals surface area contributed by atoms with Gasteiger partial charge in [0.15, 0.2) is 0 Å². The summed E-state index contributed by atoms with van der Waals surface area (Å²) < 4.78 is 0. The van der Waals surface area contributed by atoms with Crippen LogP contribution in [0, 0.1) is 5.92 Å². The summed E-state index contributed by atoms with van der Waals surface area (Å²) in [6.07, 6.45) is 0. The topological polar surface area (TPSA) is 38.0 Å². The van der Waals surface area contributed by atoms with Crippen LogP contribution < -0.4 is 11.1 Å². The SMILES string of the molecule is CC.CCNCC(C)C.CN. The van der Waals surface area contributed by atoms with Gasteiger partial charge in [-0.2, -0.15) is 0 Å². The highest BCUT2D eigenvalue weighted by molar-refractivity contribution is 4.46. The zero-order valence-corrected chi connectivity index (χ0v) is 9.07. The maximum Gasteiger partial charge on any atom is -0.00259 e. The summed E-state index contributed by atoms with van der Waals surface area (Å²) in [4.78, 5) is 0. The molecule has 72 valence electrons. The van der Waals surface area contributed by atoms with E-state index in [1.165, 1.54) is 7.05 Å². The summed E-state index contributed by atoms with van der Waals surface area (Å²) >= 11 is 0. The standard InChI is InChI=1S/C6H15N.C2H6.CH5N/c1-4-7-5-6(2)3;2*1-2/h6-7H,4-5H2,1-3H3;1-2H3;2H2,1H3. The van der Waals surface area contributed by atoms with Gasteiger partial charge >= 0.3 is 0 Å². The average molecular weight is 162 g/mol. The van der Waals surface area contributed by atoms with Crippen molar-refractivity contribution in [2.24, 2.45) is 11.7 Å². The van der Waals surface area contributed by atoms with Crippen LogP contribution in [0.15, 0.2) is 0 Å². The van der Waals surface area contributed by atoms with Crippen molar-refractivity contribution >= 4 is 0 Å². The number of rotatable bonds is 3. The van der Waals surface area contributed by atoms with E-state index in [2.05, 4.69) is 31.8 Å². The highest BCUT2D eigenvalue weighted by Crippen LogP contribution is 1.84. The lowest BCUT2D eigenvalue weighted by Gasteiger charge is -2.01. The van der Waals surface area contributed by atoms with Gasteiger partial charge in [-0.25, -0.2) is 0 Å². The van der Waals surface area contributed by atoms with Crippen LogP contribution in [0.3, 0.4) is 0 Å². The molecule has 0 unspecified atom stereocenters. The fraction of sp³-hybridized carbons (Fsp3) is 1.00. The largest absolute Gasteiger partial charge is 0.333 e. The predicted octanol–water partition coefficient (Wildman–Crippen LogP) is 1.85. The lowest BCUT2D eigenvalue weighted by molar-refractivity contribution is 0.566. The second-order valence-corrected chi connectivity index (χ2v) is 2.20. The van der Waals surface area contributed by atoms with Crippen molar-refractivity contribution in [1.82, 2.24) is 5.32 Å². The Kier molecular flexibility index (Phi) is 35.1. The fourth-order valence-electron chi connectivity index (χ4n) is 0.433. The summed E-state index contributed by atoms with van der Waals surface area (Å²) in [6.45, 7) is 12.8. The van der Waals surface area contributed by atoms with Crippen LogP contribution in [0.25, 0.3) is 0 Å². The fourth-order valence-corrected chi connectivity index (χ4v) is 0.433. The van der Waals surface area contributed by atoms with Gasteiger partial charge in [-0.05, 0) is 26.1 Å². The Morgan fingerprint density at radius 1 is 1.18 bits per heavy atom. The Morgan fingerprint density at radius 3 is 1.64 bits per heavy atom. The molecule has 0 atom stereocenters. The Morgan fingerprint density at radius 2 is 1.55 bits per heavy atom. The van der Waals surface area contributed by atoms with Crippen molar-refractivity contribution in [2.45, 2.75) is 34.6 Å². The first-order valence-corrected chi connectivity index (χ1v) is 4.55. The van der Waals surface area contributed by atoms with Gasteiger partial charge in [-0.1, -0.05) is 34.6 Å². The number of hydrogen-bond acceptors (Lipinski definition) is 2. The van der Waals surface area contributed by atoms with Gasteiger partial charge in [-0.15, -0.1) is 0 Å². The van der Waals surface area contributed by atoms with E-state index in [1.807, 2.05) is 13.8 Å². The van der Waals surface area contributed by atoms with E-state index in [0.717, 1.165) is 19.0 Å². The van der Waals surface area contributed by atoms with Gasteiger partial charge < -0.3 is 11.1 Å². The molecule has 0 radical (unpaired) electrons. The third-order valence-electron chi connectivity index (χ3n) is 0.803. The van der Waals surface area contributed by atoms with Gasteiger partial charge in [0.05, 0.1) is 0 Å². The summed E-state index contributed by atoms with van der Waals surface area (Å²) in [5.74, 6) is 0.792. The quantitative estimate of drug-likeness (QED) is 0.664. The van der Waals surface area contributed by atoms with E-state index in [-0.39, 0.29) is 0 Å². The van der Waals surface area contributed by atoms with Crippen LogP contribution in [0.1, 0.15) is 34.6 Å². The molecule has 0 aromatic carbocycles. The number of hydrogen-bond donors (Lipinski definition) is 2. The molecule has 0 aliphatic rings. The Labute approximate surface area is 72.6 Å². The molecular formula is C9H26N2. The zero-order chi connectivity index (χ0) is 9.70. The van der Waals surface area contributed by atoms with Crippen molar-refractivity contribution in [3.63, 3.8) is 0 Å². The van der Waals surface area contributed by atoms with Gasteiger partial charge in [0.1, 0.15) is 0 Å². The van der Waals surface area contributed by atoms with Crippen LogP contribution in [0.5, 0.6) is 0 Å². The van der Waals surface area contributed by atoms with Gasteiger partial charge in [-0.3, -0.25) is 0 Å². The molecule has 0 amide bonds. The van der Waals surface area contributed by atoms with E-state index >= 15 is 0 Å². The van der Waals surface area contributed by atoms with Gasteiger partial charge in [0.25, 0.3) is 0 Å². The molecule has 11 heavy (non-hydrogen) atoms. The molecule has 0 aromatic rings. The summed E-state index contributed by atoms with van der Waals surface area (Å²) in [6, 6.07) is 0. The average Bonchev–Trinajstić information content (AvgIpc) is 2.08. The normalized spacial score (nSPS) is 7.64. The lowest BCUT2D eigenvalue weighted by atomic mass is 10.2. The summed E-state index contributed by atoms with van der Waals surface area (Å²) in [5, 5.41) is 3.25. The zero-order valence-electron chi connectivity index (χ0n) is 9.07. The molecule has 3 N–H and O–H groups in total. The van der Waals surface area contributed by atoms with E-state index < -0.39 is 0 Å². The Bertz CT molecular complexity index is 36.5. The maximum absolute atomic E-state index is 4.50. The molecule has 0 rings (SSSR count). The highest BCUT2D eigenvalue weighted by Gasteiger charge is 1.86. The minimum Gasteiger partial charge on any atom is -0.333 e. The Balaban J connectivity index is -0.000000138. The Hall–Kier alpha value is -0.0800. The smallest absolute Gasteiger partial charge is 0.00259 e. The summed E-state index contributed by atoms with van der Waals surface area (Å²) in [7, 11) is 1.50. The van der Waals surface area contributed by atoms with Crippen molar-refractivity contribution in [1.29, 1.82) is 0 Å². The third kappa shape index (κ3) is 40.5. The van der Waals surface area contributed by atoms with E-state index in [1.54, 1.807) is 0 Å². The first kappa shape index (κ1) is 17.1.